The number of nitrogens with zero attached hydrogens (tertiary/aromatic N) is 2. The number of carbonyl (C=O) groups is 1. The van der Waals surface area contributed by atoms with Gasteiger partial charge in [0.2, 0.25) is 5.91 Å². The van der Waals surface area contributed by atoms with Crippen LogP contribution >= 0.6 is 0 Å². The van der Waals surface area contributed by atoms with Gasteiger partial charge in [-0.1, -0.05) is 30.3 Å². The minimum absolute atomic E-state index is 0.0912. The maximum absolute atomic E-state index is 12.8. The Bertz CT molecular complexity index is 1240. The number of carbonyl (C=O) groups excluding carboxylic acids is 1. The molecular formula is C26H30N4O4. The number of hydrogen-bond acceptors (Lipinski definition) is 6. The molecule has 1 aliphatic heterocycles. The lowest BCUT2D eigenvalue weighted by molar-refractivity contribution is -0.125. The Morgan fingerprint density at radius 1 is 1.24 bits per heavy atom. The van der Waals surface area contributed by atoms with Gasteiger partial charge in [0.15, 0.2) is 5.58 Å². The van der Waals surface area contributed by atoms with Crippen LogP contribution in [0.5, 0.6) is 0 Å². The third kappa shape index (κ3) is 5.38. The highest BCUT2D eigenvalue weighted by Crippen LogP contribution is 2.24. The van der Waals surface area contributed by atoms with E-state index >= 15 is 0 Å². The molecule has 1 saturated heterocycles. The smallest absolute Gasteiger partial charge is 0.408 e. The van der Waals surface area contributed by atoms with Gasteiger partial charge in [-0.15, -0.1) is 0 Å². The number of methoxy groups -OCH3 is 1. The van der Waals surface area contributed by atoms with Crippen molar-refractivity contribution in [3.63, 3.8) is 0 Å². The van der Waals surface area contributed by atoms with Crippen LogP contribution < -0.4 is 16.4 Å². The summed E-state index contributed by atoms with van der Waals surface area (Å²) in [6.45, 7) is 1.43. The van der Waals surface area contributed by atoms with Crippen molar-refractivity contribution in [1.82, 2.24) is 15.2 Å². The van der Waals surface area contributed by atoms with Crippen LogP contribution in [-0.2, 0) is 23.0 Å². The van der Waals surface area contributed by atoms with Gasteiger partial charge in [0.25, 0.3) is 0 Å². The summed E-state index contributed by atoms with van der Waals surface area (Å²) in [5.74, 6) is -0.655. The van der Waals surface area contributed by atoms with E-state index in [0.29, 0.717) is 18.5 Å². The zero-order valence-corrected chi connectivity index (χ0v) is 19.5. The highest BCUT2D eigenvalue weighted by atomic mass is 16.5. The molecule has 1 aromatic heterocycles. The zero-order chi connectivity index (χ0) is 24.1. The molecule has 8 nitrogen and oxygen atoms in total. The SMILES string of the molecule is COC1CCNC[C@@H](C(=O)N[C@H](C#N)Cc2ccc(-c3ccc4oc(=O)n(C)c4c3)cc2)CC1. The molecule has 3 aromatic rings. The summed E-state index contributed by atoms with van der Waals surface area (Å²) in [6, 6.07) is 15.1. The number of fused-ring (bicyclic) bond motifs is 1. The van der Waals surface area contributed by atoms with Gasteiger partial charge >= 0.3 is 5.76 Å². The Hall–Kier alpha value is -3.41. The fourth-order valence-corrected chi connectivity index (χ4v) is 4.43. The van der Waals surface area contributed by atoms with E-state index in [9.17, 15) is 14.9 Å². The normalized spacial score (nSPS) is 19.7. The monoisotopic (exact) mass is 462 g/mol. The van der Waals surface area contributed by atoms with Crippen molar-refractivity contribution in [3.8, 4) is 17.2 Å². The van der Waals surface area contributed by atoms with Crippen LogP contribution in [0.1, 0.15) is 24.8 Å². The molecule has 0 bridgehead atoms. The van der Waals surface area contributed by atoms with E-state index in [1.807, 2.05) is 36.4 Å². The summed E-state index contributed by atoms with van der Waals surface area (Å²) >= 11 is 0. The number of aryl methyl sites for hydroxylation is 1. The molecule has 1 unspecified atom stereocenters. The van der Waals surface area contributed by atoms with Crippen molar-refractivity contribution in [2.75, 3.05) is 20.2 Å². The van der Waals surface area contributed by atoms with Crippen molar-refractivity contribution in [2.24, 2.45) is 13.0 Å². The molecule has 1 amide bonds. The molecule has 0 saturated carbocycles. The quantitative estimate of drug-likeness (QED) is 0.583. The van der Waals surface area contributed by atoms with Crippen LogP contribution in [0.4, 0.5) is 0 Å². The molecule has 178 valence electrons. The Kier molecular flexibility index (Phi) is 7.46. The van der Waals surface area contributed by atoms with Crippen LogP contribution in [0.25, 0.3) is 22.2 Å². The summed E-state index contributed by atoms with van der Waals surface area (Å²) in [7, 11) is 3.39. The van der Waals surface area contributed by atoms with E-state index in [2.05, 4.69) is 16.7 Å². The van der Waals surface area contributed by atoms with Crippen molar-refractivity contribution in [3.05, 3.63) is 58.6 Å². The molecule has 3 atom stereocenters. The average molecular weight is 463 g/mol. The predicted octanol–water partition coefficient (Wildman–Crippen LogP) is 2.75. The van der Waals surface area contributed by atoms with Crippen LogP contribution in [0.2, 0.25) is 0 Å². The van der Waals surface area contributed by atoms with E-state index in [0.717, 1.165) is 48.0 Å². The van der Waals surface area contributed by atoms with E-state index in [1.165, 1.54) is 4.57 Å². The Balaban J connectivity index is 1.40. The second-order valence-electron chi connectivity index (χ2n) is 8.83. The van der Waals surface area contributed by atoms with Gasteiger partial charge in [0.1, 0.15) is 6.04 Å². The summed E-state index contributed by atoms with van der Waals surface area (Å²) in [5.41, 5.74) is 4.21. The highest BCUT2D eigenvalue weighted by Gasteiger charge is 2.24. The first-order valence-electron chi connectivity index (χ1n) is 11.6. The van der Waals surface area contributed by atoms with Gasteiger partial charge in [-0.05, 0) is 54.6 Å². The maximum Gasteiger partial charge on any atom is 0.419 e. The summed E-state index contributed by atoms with van der Waals surface area (Å²) in [4.78, 5) is 24.5. The average Bonchev–Trinajstić information content (AvgIpc) is 3.12. The van der Waals surface area contributed by atoms with Crippen LogP contribution in [0.3, 0.4) is 0 Å². The molecule has 2 aromatic carbocycles. The summed E-state index contributed by atoms with van der Waals surface area (Å²) in [6.07, 6.45) is 3.10. The molecule has 4 rings (SSSR count). The molecule has 0 aliphatic carbocycles. The number of hydrogen-bond donors (Lipinski definition) is 2. The number of ether oxygens (including phenoxy) is 1. The van der Waals surface area contributed by atoms with Gasteiger partial charge in [0.05, 0.1) is 23.6 Å². The van der Waals surface area contributed by atoms with E-state index in [4.69, 9.17) is 9.15 Å². The van der Waals surface area contributed by atoms with Gasteiger partial charge < -0.3 is 19.8 Å². The fourth-order valence-electron chi connectivity index (χ4n) is 4.43. The summed E-state index contributed by atoms with van der Waals surface area (Å²) in [5, 5.41) is 15.9. The van der Waals surface area contributed by atoms with Crippen molar-refractivity contribution < 1.29 is 13.9 Å². The first-order chi connectivity index (χ1) is 16.5. The van der Waals surface area contributed by atoms with Crippen molar-refractivity contribution in [1.29, 1.82) is 5.26 Å². The molecule has 0 radical (unpaired) electrons. The Morgan fingerprint density at radius 3 is 2.74 bits per heavy atom. The van der Waals surface area contributed by atoms with Crippen molar-refractivity contribution in [2.45, 2.75) is 37.8 Å². The first-order valence-corrected chi connectivity index (χ1v) is 11.6. The number of benzene rings is 2. The third-order valence-electron chi connectivity index (χ3n) is 6.57. The van der Waals surface area contributed by atoms with E-state index in [1.54, 1.807) is 20.2 Å². The predicted molar refractivity (Wildman–Crippen MR) is 129 cm³/mol. The molecule has 1 fully saturated rings. The number of aromatic nitrogens is 1. The van der Waals surface area contributed by atoms with E-state index < -0.39 is 6.04 Å². The molecule has 1 aliphatic rings. The lowest BCUT2D eigenvalue weighted by Crippen LogP contribution is -2.44. The van der Waals surface area contributed by atoms with Gasteiger partial charge in [-0.2, -0.15) is 5.26 Å². The number of nitriles is 1. The Labute approximate surface area is 198 Å². The maximum atomic E-state index is 12.8. The fraction of sp³-hybridized carbons (Fsp3) is 0.423. The van der Waals surface area contributed by atoms with Gasteiger partial charge in [-0.3, -0.25) is 9.36 Å². The number of amides is 1. The Morgan fingerprint density at radius 2 is 2.00 bits per heavy atom. The zero-order valence-electron chi connectivity index (χ0n) is 19.5. The topological polar surface area (TPSA) is 109 Å². The number of rotatable bonds is 6. The number of nitrogens with one attached hydrogen (secondary N) is 2. The largest absolute Gasteiger partial charge is 0.419 e. The van der Waals surface area contributed by atoms with E-state index in [-0.39, 0.29) is 23.7 Å². The standard InChI is InChI=1S/C26H30N4O4/c1-30-23-14-19(8-10-24(23)34-26(30)32)18-5-3-17(4-6-18)13-21(15-27)29-25(31)20-7-9-22(33-2)11-12-28-16-20/h3-6,8,10,14,20-22,28H,7,9,11-13,16H2,1-2H3,(H,29,31)/t20-,21-,22?/m0/s1. The lowest BCUT2D eigenvalue weighted by atomic mass is 9.95. The third-order valence-corrected chi connectivity index (χ3v) is 6.57. The lowest BCUT2D eigenvalue weighted by Gasteiger charge is -2.25. The van der Waals surface area contributed by atoms with Crippen LogP contribution in [-0.4, -0.2) is 42.8 Å². The van der Waals surface area contributed by atoms with Crippen LogP contribution in [0.15, 0.2) is 51.7 Å². The minimum atomic E-state index is -0.598. The highest BCUT2D eigenvalue weighted by molar-refractivity contribution is 5.81. The molecular weight excluding hydrogens is 432 g/mol. The summed E-state index contributed by atoms with van der Waals surface area (Å²) < 4.78 is 12.1. The van der Waals surface area contributed by atoms with Crippen molar-refractivity contribution >= 4 is 17.0 Å². The van der Waals surface area contributed by atoms with Gasteiger partial charge in [0, 0.05) is 27.1 Å². The second-order valence-corrected chi connectivity index (χ2v) is 8.83. The second kappa shape index (κ2) is 10.7. The van der Waals surface area contributed by atoms with Gasteiger partial charge in [-0.25, -0.2) is 4.79 Å². The first kappa shape index (κ1) is 23.7. The molecule has 2 N–H and O–H groups in total. The molecule has 2 heterocycles. The molecule has 0 spiro atoms. The minimum Gasteiger partial charge on any atom is -0.408 e. The molecule has 8 heteroatoms. The molecule has 34 heavy (non-hydrogen) atoms. The number of oxazole rings is 1. The van der Waals surface area contributed by atoms with Crippen LogP contribution in [0, 0.1) is 17.2 Å².